The summed E-state index contributed by atoms with van der Waals surface area (Å²) in [6, 6.07) is 14.0. The number of hydrazone groups is 1. The molecule has 148 valence electrons. The van der Waals surface area contributed by atoms with Crippen molar-refractivity contribution in [3.8, 4) is 11.1 Å². The van der Waals surface area contributed by atoms with E-state index in [4.69, 9.17) is 4.74 Å². The first-order valence-corrected chi connectivity index (χ1v) is 9.67. The number of nitrogens with zero attached hydrogens (tertiary/aromatic N) is 3. The molecule has 2 aromatic carbocycles. The van der Waals surface area contributed by atoms with E-state index in [9.17, 15) is 14.9 Å². The van der Waals surface area contributed by atoms with Gasteiger partial charge in [0.05, 0.1) is 29.9 Å². The third kappa shape index (κ3) is 5.45. The van der Waals surface area contributed by atoms with Crippen molar-refractivity contribution in [3.63, 3.8) is 0 Å². The summed E-state index contributed by atoms with van der Waals surface area (Å²) >= 11 is 1.34. The number of esters is 1. The molecule has 0 atom stereocenters. The zero-order valence-corrected chi connectivity index (χ0v) is 16.4. The van der Waals surface area contributed by atoms with Gasteiger partial charge in [-0.15, -0.1) is 11.3 Å². The van der Waals surface area contributed by atoms with Crippen LogP contribution in [0, 0.1) is 10.1 Å². The molecule has 0 saturated heterocycles. The number of carbonyl (C=O) groups is 1. The van der Waals surface area contributed by atoms with Crippen LogP contribution in [0.25, 0.3) is 11.1 Å². The van der Waals surface area contributed by atoms with E-state index in [2.05, 4.69) is 15.5 Å². The SMILES string of the molecule is CCOC(=O)Cc1csc(NN=Cc2ccccc2-c2ccc([N+](=O)[O-])cc2)n1. The number of nitro benzene ring substituents is 1. The first kappa shape index (κ1) is 20.2. The van der Waals surface area contributed by atoms with Gasteiger partial charge in [0, 0.05) is 23.1 Å². The Bertz CT molecular complexity index is 1030. The number of nitro groups is 1. The molecule has 8 nitrogen and oxygen atoms in total. The number of nitrogens with one attached hydrogen (secondary N) is 1. The largest absolute Gasteiger partial charge is 0.466 e. The number of carbonyl (C=O) groups excluding carboxylic acids is 1. The summed E-state index contributed by atoms with van der Waals surface area (Å²) in [4.78, 5) is 26.2. The molecule has 0 aliphatic carbocycles. The quantitative estimate of drug-likeness (QED) is 0.257. The fourth-order valence-electron chi connectivity index (χ4n) is 2.59. The highest BCUT2D eigenvalue weighted by Gasteiger charge is 2.09. The number of hydrogen-bond donors (Lipinski definition) is 1. The molecule has 0 saturated carbocycles. The summed E-state index contributed by atoms with van der Waals surface area (Å²) in [6.45, 7) is 2.10. The second-order valence-corrected chi connectivity index (χ2v) is 6.75. The molecule has 0 fully saturated rings. The summed E-state index contributed by atoms with van der Waals surface area (Å²) in [5.41, 5.74) is 6.12. The number of benzene rings is 2. The normalized spacial score (nSPS) is 10.8. The monoisotopic (exact) mass is 410 g/mol. The molecule has 3 aromatic rings. The fourth-order valence-corrected chi connectivity index (χ4v) is 3.25. The van der Waals surface area contributed by atoms with Gasteiger partial charge < -0.3 is 4.74 Å². The minimum absolute atomic E-state index is 0.0453. The second kappa shape index (κ2) is 9.56. The second-order valence-electron chi connectivity index (χ2n) is 5.89. The zero-order valence-electron chi connectivity index (χ0n) is 15.6. The summed E-state index contributed by atoms with van der Waals surface area (Å²) in [6.07, 6.45) is 1.78. The molecule has 1 N–H and O–H groups in total. The maximum absolute atomic E-state index is 11.5. The summed E-state index contributed by atoms with van der Waals surface area (Å²) in [5, 5.41) is 17.4. The van der Waals surface area contributed by atoms with Gasteiger partial charge in [0.2, 0.25) is 5.13 Å². The van der Waals surface area contributed by atoms with E-state index >= 15 is 0 Å². The molecule has 0 spiro atoms. The van der Waals surface area contributed by atoms with Crippen LogP contribution in [0.5, 0.6) is 0 Å². The van der Waals surface area contributed by atoms with Crippen LogP contribution in [0.2, 0.25) is 0 Å². The number of hydrogen-bond acceptors (Lipinski definition) is 8. The lowest BCUT2D eigenvalue weighted by Crippen LogP contribution is -2.07. The van der Waals surface area contributed by atoms with Gasteiger partial charge in [0.1, 0.15) is 0 Å². The highest BCUT2D eigenvalue weighted by Crippen LogP contribution is 2.25. The number of rotatable bonds is 8. The van der Waals surface area contributed by atoms with Crippen molar-refractivity contribution in [1.82, 2.24) is 4.98 Å². The maximum Gasteiger partial charge on any atom is 0.311 e. The number of ether oxygens (including phenoxy) is 1. The van der Waals surface area contributed by atoms with Crippen molar-refractivity contribution in [2.24, 2.45) is 5.10 Å². The van der Waals surface area contributed by atoms with E-state index in [0.29, 0.717) is 17.4 Å². The van der Waals surface area contributed by atoms with Crippen LogP contribution in [0.3, 0.4) is 0 Å². The zero-order chi connectivity index (χ0) is 20.6. The van der Waals surface area contributed by atoms with E-state index in [0.717, 1.165) is 16.7 Å². The van der Waals surface area contributed by atoms with Crippen LogP contribution in [0.1, 0.15) is 18.2 Å². The fraction of sp³-hybridized carbons (Fsp3) is 0.150. The van der Waals surface area contributed by atoms with Crippen LogP contribution in [0.15, 0.2) is 59.0 Å². The van der Waals surface area contributed by atoms with Crippen molar-refractivity contribution >= 4 is 34.3 Å². The molecule has 0 unspecified atom stereocenters. The first-order chi connectivity index (χ1) is 14.1. The van der Waals surface area contributed by atoms with Crippen molar-refractivity contribution in [1.29, 1.82) is 0 Å². The third-order valence-corrected chi connectivity index (χ3v) is 4.69. The Morgan fingerprint density at radius 3 is 2.76 bits per heavy atom. The van der Waals surface area contributed by atoms with Gasteiger partial charge in [0.15, 0.2) is 0 Å². The Balaban J connectivity index is 1.69. The molecule has 9 heteroatoms. The van der Waals surface area contributed by atoms with Crippen LogP contribution >= 0.6 is 11.3 Å². The van der Waals surface area contributed by atoms with Gasteiger partial charge in [-0.05, 0) is 30.2 Å². The standard InChI is InChI=1S/C20H18N4O4S/c1-2-28-19(25)11-16-13-29-20(22-16)23-21-12-15-5-3-4-6-18(15)14-7-9-17(10-8-14)24(26)27/h3-10,12-13H,2,11H2,1H3,(H,22,23). The molecule has 0 bridgehead atoms. The van der Waals surface area contributed by atoms with Crippen LogP contribution < -0.4 is 5.43 Å². The average Bonchev–Trinajstić information content (AvgIpc) is 3.15. The van der Waals surface area contributed by atoms with E-state index < -0.39 is 4.92 Å². The van der Waals surface area contributed by atoms with Crippen LogP contribution in [-0.2, 0) is 16.0 Å². The van der Waals surface area contributed by atoms with Crippen molar-refractivity contribution < 1.29 is 14.5 Å². The summed E-state index contributed by atoms with van der Waals surface area (Å²) in [5.74, 6) is -0.315. The third-order valence-electron chi connectivity index (χ3n) is 3.90. The predicted octanol–water partition coefficient (Wildman–Crippen LogP) is 4.27. The van der Waals surface area contributed by atoms with E-state index in [1.807, 2.05) is 24.3 Å². The molecule has 3 rings (SSSR count). The predicted molar refractivity (Wildman–Crippen MR) is 112 cm³/mol. The number of non-ortho nitro benzene ring substituents is 1. The molecule has 0 aliphatic rings. The molecule has 29 heavy (non-hydrogen) atoms. The van der Waals surface area contributed by atoms with Gasteiger partial charge in [0.25, 0.3) is 5.69 Å². The molecular formula is C20H18N4O4S. The molecule has 1 heterocycles. The molecule has 0 radical (unpaired) electrons. The average molecular weight is 410 g/mol. The molecule has 0 amide bonds. The molecule has 0 aliphatic heterocycles. The van der Waals surface area contributed by atoms with E-state index in [1.165, 1.54) is 23.5 Å². The number of thiazole rings is 1. The maximum atomic E-state index is 11.5. The summed E-state index contributed by atoms with van der Waals surface area (Å²) in [7, 11) is 0. The first-order valence-electron chi connectivity index (χ1n) is 8.79. The highest BCUT2D eigenvalue weighted by molar-refractivity contribution is 7.13. The highest BCUT2D eigenvalue weighted by atomic mass is 32.1. The van der Waals surface area contributed by atoms with Crippen LogP contribution in [-0.4, -0.2) is 28.7 Å². The van der Waals surface area contributed by atoms with E-state index in [-0.39, 0.29) is 18.1 Å². The lowest BCUT2D eigenvalue weighted by Gasteiger charge is -2.05. The Morgan fingerprint density at radius 2 is 2.03 bits per heavy atom. The van der Waals surface area contributed by atoms with Crippen molar-refractivity contribution in [2.45, 2.75) is 13.3 Å². The lowest BCUT2D eigenvalue weighted by molar-refractivity contribution is -0.384. The Kier molecular flexibility index (Phi) is 6.64. The van der Waals surface area contributed by atoms with Gasteiger partial charge in [-0.2, -0.15) is 5.10 Å². The smallest absolute Gasteiger partial charge is 0.311 e. The Morgan fingerprint density at radius 1 is 1.28 bits per heavy atom. The minimum Gasteiger partial charge on any atom is -0.466 e. The van der Waals surface area contributed by atoms with Crippen LogP contribution in [0.4, 0.5) is 10.8 Å². The number of aromatic nitrogens is 1. The summed E-state index contributed by atoms with van der Waals surface area (Å²) < 4.78 is 4.91. The Hall–Kier alpha value is -3.59. The van der Waals surface area contributed by atoms with Gasteiger partial charge in [-0.25, -0.2) is 4.98 Å². The molecule has 1 aromatic heterocycles. The topological polar surface area (TPSA) is 107 Å². The number of anilines is 1. The van der Waals surface area contributed by atoms with Gasteiger partial charge >= 0.3 is 5.97 Å². The Labute approximate surface area is 171 Å². The van der Waals surface area contributed by atoms with Crippen molar-refractivity contribution in [3.05, 3.63) is 75.3 Å². The van der Waals surface area contributed by atoms with Gasteiger partial charge in [-0.1, -0.05) is 24.3 Å². The molecular weight excluding hydrogens is 392 g/mol. The van der Waals surface area contributed by atoms with Gasteiger partial charge in [-0.3, -0.25) is 20.3 Å². The minimum atomic E-state index is -0.425. The van der Waals surface area contributed by atoms with E-state index in [1.54, 1.807) is 30.7 Å². The van der Waals surface area contributed by atoms with Crippen molar-refractivity contribution in [2.75, 3.05) is 12.0 Å². The lowest BCUT2D eigenvalue weighted by atomic mass is 10.0.